The van der Waals surface area contributed by atoms with E-state index in [1.54, 1.807) is 0 Å². The highest BCUT2D eigenvalue weighted by atomic mass is 32.2. The first-order chi connectivity index (χ1) is 9.04. The van der Waals surface area contributed by atoms with Crippen LogP contribution < -0.4 is 10.2 Å². The number of hydrogen-bond acceptors (Lipinski definition) is 6. The molecule has 0 saturated carbocycles. The Balaban J connectivity index is 1.89. The van der Waals surface area contributed by atoms with Gasteiger partial charge in [0.1, 0.15) is 0 Å². The van der Waals surface area contributed by atoms with Crippen LogP contribution in [0.4, 0.5) is 6.01 Å². The van der Waals surface area contributed by atoms with Gasteiger partial charge >= 0.3 is 6.01 Å². The molecule has 2 rings (SSSR count). The van der Waals surface area contributed by atoms with Crippen molar-refractivity contribution in [2.75, 3.05) is 24.5 Å². The van der Waals surface area contributed by atoms with Gasteiger partial charge in [0.15, 0.2) is 0 Å². The van der Waals surface area contributed by atoms with Crippen molar-refractivity contribution < 1.29 is 4.42 Å². The van der Waals surface area contributed by atoms with Crippen molar-refractivity contribution in [3.63, 3.8) is 0 Å². The Kier molecular flexibility index (Phi) is 5.10. The van der Waals surface area contributed by atoms with E-state index in [0.717, 1.165) is 19.6 Å². The molecule has 1 fully saturated rings. The molecule has 1 saturated heterocycles. The third-order valence-corrected chi connectivity index (χ3v) is 4.20. The fourth-order valence-electron chi connectivity index (χ4n) is 2.25. The molecule has 1 N–H and O–H groups in total. The van der Waals surface area contributed by atoms with E-state index in [-0.39, 0.29) is 0 Å². The summed E-state index contributed by atoms with van der Waals surface area (Å²) in [5.41, 5.74) is 0. The van der Waals surface area contributed by atoms with E-state index in [0.29, 0.717) is 34.9 Å². The van der Waals surface area contributed by atoms with Crippen molar-refractivity contribution in [2.45, 2.75) is 44.7 Å². The van der Waals surface area contributed by atoms with E-state index in [1.165, 1.54) is 0 Å². The molecule has 6 heteroatoms. The van der Waals surface area contributed by atoms with E-state index >= 15 is 0 Å². The summed E-state index contributed by atoms with van der Waals surface area (Å²) < 4.78 is 5.73. The van der Waals surface area contributed by atoms with Crippen LogP contribution in [-0.2, 0) is 6.54 Å². The Morgan fingerprint density at radius 2 is 2.00 bits per heavy atom. The van der Waals surface area contributed by atoms with E-state index in [1.807, 2.05) is 11.8 Å². The molecule has 0 bridgehead atoms. The first-order valence-corrected chi connectivity index (χ1v) is 7.92. The highest BCUT2D eigenvalue weighted by Crippen LogP contribution is 2.27. The highest BCUT2D eigenvalue weighted by molar-refractivity contribution is 8.00. The zero-order valence-electron chi connectivity index (χ0n) is 12.2. The number of thioether (sulfide) groups is 1. The maximum absolute atomic E-state index is 5.73. The van der Waals surface area contributed by atoms with E-state index in [2.05, 4.69) is 48.1 Å². The van der Waals surface area contributed by atoms with Gasteiger partial charge in [0, 0.05) is 23.6 Å². The van der Waals surface area contributed by atoms with Crippen LogP contribution >= 0.6 is 11.8 Å². The van der Waals surface area contributed by atoms with Crippen molar-refractivity contribution in [3.05, 3.63) is 5.89 Å². The number of anilines is 1. The van der Waals surface area contributed by atoms with Gasteiger partial charge in [-0.05, 0) is 12.5 Å². The molecule has 0 aliphatic carbocycles. The van der Waals surface area contributed by atoms with Crippen molar-refractivity contribution in [1.29, 1.82) is 0 Å². The number of aromatic nitrogens is 2. The Labute approximate surface area is 119 Å². The first-order valence-electron chi connectivity index (χ1n) is 6.98. The van der Waals surface area contributed by atoms with Crippen molar-refractivity contribution >= 4 is 17.8 Å². The summed E-state index contributed by atoms with van der Waals surface area (Å²) in [5, 5.41) is 12.8. The number of hydrogen-bond donors (Lipinski definition) is 1. The van der Waals surface area contributed by atoms with Gasteiger partial charge in [0.05, 0.1) is 6.54 Å². The maximum atomic E-state index is 5.73. The summed E-state index contributed by atoms with van der Waals surface area (Å²) in [7, 11) is 0. The molecule has 108 valence electrons. The fourth-order valence-corrected chi connectivity index (χ4v) is 3.57. The second-order valence-corrected chi connectivity index (χ2v) is 7.55. The summed E-state index contributed by atoms with van der Waals surface area (Å²) >= 11 is 2.02. The fraction of sp³-hybridized carbons (Fsp3) is 0.846. The number of nitrogens with zero attached hydrogens (tertiary/aromatic N) is 3. The third-order valence-electron chi connectivity index (χ3n) is 2.98. The molecule has 2 atom stereocenters. The third kappa shape index (κ3) is 4.38. The summed E-state index contributed by atoms with van der Waals surface area (Å²) in [6, 6.07) is 0.667. The minimum atomic E-state index is 0.609. The molecule has 19 heavy (non-hydrogen) atoms. The van der Waals surface area contributed by atoms with Gasteiger partial charge in [-0.3, -0.25) is 0 Å². The van der Waals surface area contributed by atoms with Crippen LogP contribution in [0.25, 0.3) is 0 Å². The lowest BCUT2D eigenvalue weighted by Gasteiger charge is -2.33. The molecule has 5 nitrogen and oxygen atoms in total. The lowest BCUT2D eigenvalue weighted by Crippen LogP contribution is -2.40. The summed E-state index contributed by atoms with van der Waals surface area (Å²) in [5.74, 6) is 1.30. The van der Waals surface area contributed by atoms with Crippen molar-refractivity contribution in [2.24, 2.45) is 5.92 Å². The molecule has 0 spiro atoms. The SMILES string of the molecule is CC(C)CNCc1nnc(N2CC(C)SC(C)C2)o1. The van der Waals surface area contributed by atoms with Crippen molar-refractivity contribution in [3.8, 4) is 0 Å². The monoisotopic (exact) mass is 284 g/mol. The van der Waals surface area contributed by atoms with Crippen LogP contribution in [0, 0.1) is 5.92 Å². The van der Waals surface area contributed by atoms with Crippen LogP contribution in [0.2, 0.25) is 0 Å². The smallest absolute Gasteiger partial charge is 0.318 e. The molecule has 2 heterocycles. The Hall–Kier alpha value is -0.750. The number of nitrogens with one attached hydrogen (secondary N) is 1. The largest absolute Gasteiger partial charge is 0.407 e. The quantitative estimate of drug-likeness (QED) is 0.894. The lowest BCUT2D eigenvalue weighted by atomic mass is 10.2. The minimum absolute atomic E-state index is 0.609. The second kappa shape index (κ2) is 6.61. The zero-order valence-corrected chi connectivity index (χ0v) is 13.0. The Bertz CT molecular complexity index is 386. The van der Waals surface area contributed by atoms with Gasteiger partial charge in [-0.2, -0.15) is 11.8 Å². The molecule has 1 aliphatic heterocycles. The molecule has 2 unspecified atom stereocenters. The van der Waals surface area contributed by atoms with Crippen LogP contribution in [0.1, 0.15) is 33.6 Å². The molecular weight excluding hydrogens is 260 g/mol. The first kappa shape index (κ1) is 14.7. The van der Waals surface area contributed by atoms with E-state index in [9.17, 15) is 0 Å². The molecule has 1 aliphatic rings. The van der Waals surface area contributed by atoms with E-state index < -0.39 is 0 Å². The van der Waals surface area contributed by atoms with Crippen LogP contribution in [0.3, 0.4) is 0 Å². The molecule has 0 radical (unpaired) electrons. The number of rotatable bonds is 5. The van der Waals surface area contributed by atoms with Crippen LogP contribution in [0.5, 0.6) is 0 Å². The molecular formula is C13H24N4OS. The van der Waals surface area contributed by atoms with Crippen LogP contribution in [-0.4, -0.2) is 40.3 Å². The highest BCUT2D eigenvalue weighted by Gasteiger charge is 2.25. The van der Waals surface area contributed by atoms with Gasteiger partial charge in [0.2, 0.25) is 5.89 Å². The van der Waals surface area contributed by atoms with E-state index in [4.69, 9.17) is 4.42 Å². The molecule has 0 aromatic carbocycles. The summed E-state index contributed by atoms with van der Waals surface area (Å²) in [6.07, 6.45) is 0. The zero-order chi connectivity index (χ0) is 13.8. The predicted octanol–water partition coefficient (Wildman–Crippen LogP) is 2.15. The van der Waals surface area contributed by atoms with Gasteiger partial charge < -0.3 is 14.6 Å². The minimum Gasteiger partial charge on any atom is -0.407 e. The predicted molar refractivity (Wildman–Crippen MR) is 79.6 cm³/mol. The van der Waals surface area contributed by atoms with Crippen LogP contribution in [0.15, 0.2) is 4.42 Å². The Morgan fingerprint density at radius 3 is 2.63 bits per heavy atom. The topological polar surface area (TPSA) is 54.2 Å². The van der Waals surface area contributed by atoms with Crippen molar-refractivity contribution in [1.82, 2.24) is 15.5 Å². The summed E-state index contributed by atoms with van der Waals surface area (Å²) in [4.78, 5) is 2.20. The van der Waals surface area contributed by atoms with Gasteiger partial charge in [0.25, 0.3) is 0 Å². The van der Waals surface area contributed by atoms with Gasteiger partial charge in [-0.25, -0.2) is 0 Å². The molecule has 0 amide bonds. The summed E-state index contributed by atoms with van der Waals surface area (Å²) in [6.45, 7) is 12.4. The second-order valence-electron chi connectivity index (χ2n) is 5.67. The average molecular weight is 284 g/mol. The standard InChI is InChI=1S/C13H24N4OS/c1-9(2)5-14-6-12-15-16-13(18-12)17-7-10(3)19-11(4)8-17/h9-11,14H,5-8H2,1-4H3. The molecule has 1 aromatic rings. The maximum Gasteiger partial charge on any atom is 0.318 e. The Morgan fingerprint density at radius 1 is 1.32 bits per heavy atom. The average Bonchev–Trinajstić information content (AvgIpc) is 2.76. The van der Waals surface area contributed by atoms with Gasteiger partial charge in [-0.1, -0.05) is 32.8 Å². The lowest BCUT2D eigenvalue weighted by molar-refractivity contribution is 0.445. The van der Waals surface area contributed by atoms with Gasteiger partial charge in [-0.15, -0.1) is 5.10 Å². The molecule has 1 aromatic heterocycles. The normalized spacial score (nSPS) is 24.2.